The van der Waals surface area contributed by atoms with Gasteiger partial charge in [-0.25, -0.2) is 0 Å². The van der Waals surface area contributed by atoms with E-state index in [2.05, 4.69) is 15.2 Å². The molecule has 0 unspecified atom stereocenters. The topological polar surface area (TPSA) is 60.7 Å². The number of aromatic amines is 1. The molecule has 5 heteroatoms. The van der Waals surface area contributed by atoms with Crippen LogP contribution in [0.4, 0.5) is 5.69 Å². The summed E-state index contributed by atoms with van der Waals surface area (Å²) in [6, 6.07) is 5.36. The zero-order valence-electron chi connectivity index (χ0n) is 7.45. The number of nitrogens with one attached hydrogen (secondary N) is 1. The van der Waals surface area contributed by atoms with E-state index in [1.807, 2.05) is 6.07 Å². The third kappa shape index (κ3) is 1.24. The van der Waals surface area contributed by atoms with Crippen LogP contribution in [-0.4, -0.2) is 17.1 Å². The van der Waals surface area contributed by atoms with E-state index in [-0.39, 0.29) is 5.88 Å². The van der Waals surface area contributed by atoms with Crippen LogP contribution >= 0.6 is 11.6 Å². The highest BCUT2D eigenvalue weighted by atomic mass is 35.5. The van der Waals surface area contributed by atoms with Gasteiger partial charge in [-0.1, -0.05) is 17.7 Å². The van der Waals surface area contributed by atoms with Gasteiger partial charge in [0.2, 0.25) is 5.88 Å². The van der Waals surface area contributed by atoms with E-state index in [9.17, 15) is 5.11 Å². The highest BCUT2D eigenvalue weighted by molar-refractivity contribution is 6.36. The van der Waals surface area contributed by atoms with Crippen molar-refractivity contribution in [2.24, 2.45) is 10.2 Å². The first-order chi connectivity index (χ1) is 6.74. The molecular formula is C9H8ClN3O. The lowest BCUT2D eigenvalue weighted by Gasteiger charge is -1.93. The summed E-state index contributed by atoms with van der Waals surface area (Å²) in [4.78, 5) is 2.77. The number of benzene rings is 1. The lowest BCUT2D eigenvalue weighted by atomic mass is 10.2. The Balaban J connectivity index is 2.86. The monoisotopic (exact) mass is 209 g/mol. The molecule has 0 atom stereocenters. The summed E-state index contributed by atoms with van der Waals surface area (Å²) in [7, 11) is 1.54. The van der Waals surface area contributed by atoms with Gasteiger partial charge in [0, 0.05) is 12.4 Å². The molecule has 0 aliphatic heterocycles. The van der Waals surface area contributed by atoms with E-state index in [0.717, 1.165) is 5.52 Å². The second kappa shape index (κ2) is 3.31. The first-order valence-electron chi connectivity index (χ1n) is 4.03. The fraction of sp³-hybridized carbons (Fsp3) is 0.111. The number of nitrogens with zero attached hydrogens (tertiary/aromatic N) is 2. The van der Waals surface area contributed by atoms with Gasteiger partial charge >= 0.3 is 0 Å². The van der Waals surface area contributed by atoms with Crippen LogP contribution in [0.3, 0.4) is 0 Å². The molecule has 2 aromatic rings. The number of hydrogen-bond acceptors (Lipinski definition) is 3. The molecule has 0 saturated heterocycles. The summed E-state index contributed by atoms with van der Waals surface area (Å²) in [6.45, 7) is 0. The van der Waals surface area contributed by atoms with Gasteiger partial charge in [0.1, 0.15) is 0 Å². The van der Waals surface area contributed by atoms with Crippen LogP contribution in [0.5, 0.6) is 5.88 Å². The Morgan fingerprint density at radius 2 is 2.21 bits per heavy atom. The summed E-state index contributed by atoms with van der Waals surface area (Å²) in [5.74, 6) is -0.0151. The third-order valence-electron chi connectivity index (χ3n) is 1.93. The Morgan fingerprint density at radius 1 is 1.43 bits per heavy atom. The zero-order valence-corrected chi connectivity index (χ0v) is 8.21. The molecule has 0 bridgehead atoms. The van der Waals surface area contributed by atoms with Gasteiger partial charge in [0.25, 0.3) is 0 Å². The van der Waals surface area contributed by atoms with Gasteiger partial charge < -0.3 is 10.1 Å². The summed E-state index contributed by atoms with van der Waals surface area (Å²) in [5, 5.41) is 18.2. The Labute approximate surface area is 85.2 Å². The predicted molar refractivity (Wildman–Crippen MR) is 55.4 cm³/mol. The SMILES string of the molecule is CN=Nc1c(O)[nH]c2cccc(Cl)c12. The molecule has 0 saturated carbocycles. The molecule has 2 rings (SSSR count). The summed E-state index contributed by atoms with van der Waals surface area (Å²) >= 11 is 5.98. The lowest BCUT2D eigenvalue weighted by Crippen LogP contribution is -1.67. The van der Waals surface area contributed by atoms with Crippen LogP contribution in [0, 0.1) is 0 Å². The van der Waals surface area contributed by atoms with Crippen molar-refractivity contribution in [1.29, 1.82) is 0 Å². The van der Waals surface area contributed by atoms with Crippen LogP contribution in [0.1, 0.15) is 0 Å². The van der Waals surface area contributed by atoms with E-state index < -0.39 is 0 Å². The normalized spacial score (nSPS) is 11.6. The second-order valence-electron chi connectivity index (χ2n) is 2.78. The fourth-order valence-corrected chi connectivity index (χ4v) is 1.64. The van der Waals surface area contributed by atoms with Crippen LogP contribution in [0.2, 0.25) is 5.02 Å². The Hall–Kier alpha value is -1.55. The fourth-order valence-electron chi connectivity index (χ4n) is 1.37. The van der Waals surface area contributed by atoms with Gasteiger partial charge in [-0.05, 0) is 12.1 Å². The quantitative estimate of drug-likeness (QED) is 0.696. The van der Waals surface area contributed by atoms with Gasteiger partial charge in [-0.2, -0.15) is 5.11 Å². The molecule has 0 fully saturated rings. The van der Waals surface area contributed by atoms with E-state index in [1.165, 1.54) is 7.05 Å². The van der Waals surface area contributed by atoms with Crippen LogP contribution in [0.15, 0.2) is 28.4 Å². The number of aromatic nitrogens is 1. The van der Waals surface area contributed by atoms with Gasteiger partial charge in [-0.15, -0.1) is 5.11 Å². The van der Waals surface area contributed by atoms with Crippen molar-refractivity contribution < 1.29 is 5.11 Å². The lowest BCUT2D eigenvalue weighted by molar-refractivity contribution is 0.459. The molecule has 1 aromatic heterocycles. The standard InChI is InChI=1S/C9H8ClN3O/c1-11-13-8-7-5(10)3-2-4-6(7)12-9(8)14/h2-4,12,14H,1H3. The Morgan fingerprint density at radius 3 is 2.93 bits per heavy atom. The molecule has 0 spiro atoms. The second-order valence-corrected chi connectivity index (χ2v) is 3.19. The van der Waals surface area contributed by atoms with E-state index in [4.69, 9.17) is 11.6 Å². The predicted octanol–water partition coefficient (Wildman–Crippen LogP) is 3.24. The minimum Gasteiger partial charge on any atom is -0.493 e. The average Bonchev–Trinajstić information content (AvgIpc) is 2.45. The number of H-pyrrole nitrogens is 1. The van der Waals surface area contributed by atoms with Crippen molar-refractivity contribution in [3.63, 3.8) is 0 Å². The minimum atomic E-state index is -0.0151. The van der Waals surface area contributed by atoms with Crippen molar-refractivity contribution in [3.05, 3.63) is 23.2 Å². The Bertz CT molecular complexity index is 504. The van der Waals surface area contributed by atoms with Crippen molar-refractivity contribution in [3.8, 4) is 5.88 Å². The van der Waals surface area contributed by atoms with Crippen LogP contribution < -0.4 is 0 Å². The highest BCUT2D eigenvalue weighted by Crippen LogP contribution is 2.39. The Kier molecular flexibility index (Phi) is 2.13. The van der Waals surface area contributed by atoms with Crippen LogP contribution in [-0.2, 0) is 0 Å². The summed E-state index contributed by atoms with van der Waals surface area (Å²) < 4.78 is 0. The van der Waals surface area contributed by atoms with Crippen molar-refractivity contribution in [1.82, 2.24) is 4.98 Å². The molecular weight excluding hydrogens is 202 g/mol. The van der Waals surface area contributed by atoms with Gasteiger partial charge in [-0.3, -0.25) is 0 Å². The minimum absolute atomic E-state index is 0.0151. The number of halogens is 1. The average molecular weight is 210 g/mol. The van der Waals surface area contributed by atoms with Crippen molar-refractivity contribution >= 4 is 28.2 Å². The first kappa shape index (κ1) is 9.02. The zero-order chi connectivity index (χ0) is 10.1. The molecule has 72 valence electrons. The molecule has 1 heterocycles. The molecule has 4 nitrogen and oxygen atoms in total. The maximum atomic E-state index is 9.52. The number of aromatic hydroxyl groups is 1. The van der Waals surface area contributed by atoms with E-state index in [0.29, 0.717) is 16.1 Å². The number of azo groups is 1. The molecule has 0 amide bonds. The molecule has 0 radical (unpaired) electrons. The number of hydrogen-bond donors (Lipinski definition) is 2. The van der Waals surface area contributed by atoms with Gasteiger partial charge in [0.05, 0.1) is 10.5 Å². The largest absolute Gasteiger partial charge is 0.493 e. The van der Waals surface area contributed by atoms with E-state index >= 15 is 0 Å². The van der Waals surface area contributed by atoms with Crippen molar-refractivity contribution in [2.75, 3.05) is 7.05 Å². The highest BCUT2D eigenvalue weighted by Gasteiger charge is 2.12. The smallest absolute Gasteiger partial charge is 0.218 e. The molecule has 0 aliphatic carbocycles. The first-order valence-corrected chi connectivity index (χ1v) is 4.41. The van der Waals surface area contributed by atoms with Crippen molar-refractivity contribution in [2.45, 2.75) is 0 Å². The summed E-state index contributed by atoms with van der Waals surface area (Å²) in [6.07, 6.45) is 0. The van der Waals surface area contributed by atoms with Crippen LogP contribution in [0.25, 0.3) is 10.9 Å². The maximum Gasteiger partial charge on any atom is 0.218 e. The molecule has 2 N–H and O–H groups in total. The van der Waals surface area contributed by atoms with E-state index in [1.54, 1.807) is 12.1 Å². The molecule has 1 aromatic carbocycles. The third-order valence-corrected chi connectivity index (χ3v) is 2.24. The number of fused-ring (bicyclic) bond motifs is 1. The summed E-state index contributed by atoms with van der Waals surface area (Å²) in [5.41, 5.74) is 1.13. The van der Waals surface area contributed by atoms with Gasteiger partial charge in [0.15, 0.2) is 5.69 Å². The number of rotatable bonds is 1. The molecule has 0 aliphatic rings. The molecule has 14 heavy (non-hydrogen) atoms. The maximum absolute atomic E-state index is 9.52.